The topological polar surface area (TPSA) is 103 Å². The van der Waals surface area contributed by atoms with Crippen LogP contribution in [-0.2, 0) is 29.7 Å². The van der Waals surface area contributed by atoms with Gasteiger partial charge in [0.2, 0.25) is 0 Å². The molecule has 9 nitrogen and oxygen atoms in total. The van der Waals surface area contributed by atoms with Gasteiger partial charge in [-0.25, -0.2) is 15.1 Å². The molecule has 1 atom stereocenters. The van der Waals surface area contributed by atoms with Crippen LogP contribution >= 0.6 is 11.3 Å². The molecule has 5 aromatic rings. The normalized spacial score (nSPS) is 13.7. The molecule has 0 bridgehead atoms. The highest BCUT2D eigenvalue weighted by Gasteiger charge is 2.29. The number of anilines is 1. The Morgan fingerprint density at radius 1 is 1.20 bits per heavy atom. The van der Waals surface area contributed by atoms with Crippen molar-refractivity contribution in [2.45, 2.75) is 19.0 Å². The van der Waals surface area contributed by atoms with Crippen LogP contribution in [0.4, 0.5) is 5.69 Å². The zero-order chi connectivity index (χ0) is 24.1. The number of fused-ring (bicyclic) bond motifs is 4. The first-order valence-electron chi connectivity index (χ1n) is 11.1. The summed E-state index contributed by atoms with van der Waals surface area (Å²) in [7, 11) is 3.20. The average Bonchev–Trinajstić information content (AvgIpc) is 3.58. The third-order valence-electron chi connectivity index (χ3n) is 6.44. The number of esters is 1. The highest BCUT2D eigenvalue weighted by atomic mass is 32.1. The van der Waals surface area contributed by atoms with Crippen LogP contribution in [0.1, 0.15) is 27.6 Å². The van der Waals surface area contributed by atoms with Gasteiger partial charge < -0.3 is 14.7 Å². The van der Waals surface area contributed by atoms with Crippen molar-refractivity contribution in [3.8, 4) is 0 Å². The SMILES string of the molecule is COC(=O)C(c1ccccc1)c1nc2c(s1)c1cnn(Cc3cccc4c3CNN4)c(=O)c1n2C. The summed E-state index contributed by atoms with van der Waals surface area (Å²) in [5.41, 5.74) is 11.3. The number of thiazole rings is 1. The van der Waals surface area contributed by atoms with E-state index in [4.69, 9.17) is 9.72 Å². The van der Waals surface area contributed by atoms with E-state index >= 15 is 0 Å². The van der Waals surface area contributed by atoms with E-state index in [1.54, 1.807) is 10.8 Å². The van der Waals surface area contributed by atoms with Gasteiger partial charge >= 0.3 is 5.97 Å². The van der Waals surface area contributed by atoms with Crippen molar-refractivity contribution in [3.63, 3.8) is 0 Å². The maximum Gasteiger partial charge on any atom is 0.320 e. The fraction of sp³-hybridized carbons (Fsp3) is 0.200. The smallest absolute Gasteiger partial charge is 0.320 e. The summed E-state index contributed by atoms with van der Waals surface area (Å²) in [5, 5.41) is 5.84. The number of aromatic nitrogens is 4. The second kappa shape index (κ2) is 8.33. The molecule has 0 amide bonds. The summed E-state index contributed by atoms with van der Waals surface area (Å²) in [6.45, 7) is 1.06. The summed E-state index contributed by atoms with van der Waals surface area (Å²) in [6.07, 6.45) is 1.72. The number of rotatable bonds is 5. The number of ether oxygens (including phenoxy) is 1. The van der Waals surface area contributed by atoms with Crippen molar-refractivity contribution >= 4 is 44.2 Å². The van der Waals surface area contributed by atoms with E-state index in [1.165, 1.54) is 23.1 Å². The van der Waals surface area contributed by atoms with Crippen LogP contribution in [0.25, 0.3) is 21.3 Å². The maximum atomic E-state index is 13.5. The third-order valence-corrected chi connectivity index (χ3v) is 7.58. The summed E-state index contributed by atoms with van der Waals surface area (Å²) in [4.78, 5) is 30.9. The molecule has 35 heavy (non-hydrogen) atoms. The van der Waals surface area contributed by atoms with Crippen LogP contribution in [0.3, 0.4) is 0 Å². The van der Waals surface area contributed by atoms with Crippen LogP contribution in [0.2, 0.25) is 0 Å². The lowest BCUT2D eigenvalue weighted by molar-refractivity contribution is -0.141. The maximum absolute atomic E-state index is 13.5. The minimum Gasteiger partial charge on any atom is -0.468 e. The molecule has 0 fully saturated rings. The number of hydrazine groups is 1. The number of carbonyl (C=O) groups excluding carboxylic acids is 1. The predicted octanol–water partition coefficient (Wildman–Crippen LogP) is 3.13. The monoisotopic (exact) mass is 486 g/mol. The van der Waals surface area contributed by atoms with E-state index in [2.05, 4.69) is 16.0 Å². The molecule has 1 aliphatic heterocycles. The molecule has 0 saturated heterocycles. The lowest BCUT2D eigenvalue weighted by atomic mass is 10.0. The Morgan fingerprint density at radius 2 is 2.03 bits per heavy atom. The van der Waals surface area contributed by atoms with Crippen LogP contribution in [0, 0.1) is 0 Å². The molecule has 2 N–H and O–H groups in total. The molecule has 1 unspecified atom stereocenters. The molecule has 0 spiro atoms. The van der Waals surface area contributed by atoms with Crippen LogP contribution < -0.4 is 16.4 Å². The van der Waals surface area contributed by atoms with Crippen LogP contribution in [0.5, 0.6) is 0 Å². The van der Waals surface area contributed by atoms with Gasteiger partial charge in [-0.2, -0.15) is 5.10 Å². The number of methoxy groups -OCH3 is 1. The largest absolute Gasteiger partial charge is 0.468 e. The quantitative estimate of drug-likeness (QED) is 0.368. The van der Waals surface area contributed by atoms with Gasteiger partial charge in [0, 0.05) is 19.0 Å². The molecule has 0 saturated carbocycles. The van der Waals surface area contributed by atoms with Gasteiger partial charge in [-0.05, 0) is 22.8 Å². The van der Waals surface area contributed by atoms with Crippen LogP contribution in [0.15, 0.2) is 59.5 Å². The van der Waals surface area contributed by atoms with Crippen molar-refractivity contribution in [3.05, 3.63) is 86.8 Å². The van der Waals surface area contributed by atoms with E-state index < -0.39 is 5.92 Å². The minimum absolute atomic E-state index is 0.180. The van der Waals surface area contributed by atoms with Crippen molar-refractivity contribution in [2.24, 2.45) is 7.05 Å². The summed E-state index contributed by atoms with van der Waals surface area (Å²) >= 11 is 1.39. The van der Waals surface area contributed by atoms with Gasteiger partial charge in [-0.1, -0.05) is 42.5 Å². The second-order valence-corrected chi connectivity index (χ2v) is 9.45. The number of nitrogens with one attached hydrogen (secondary N) is 2. The number of benzene rings is 2. The lowest BCUT2D eigenvalue weighted by Gasteiger charge is -2.12. The fourth-order valence-electron chi connectivity index (χ4n) is 4.68. The zero-order valence-corrected chi connectivity index (χ0v) is 19.9. The van der Waals surface area contributed by atoms with Gasteiger partial charge in [0.25, 0.3) is 5.56 Å². The van der Waals surface area contributed by atoms with Crippen LogP contribution in [-0.4, -0.2) is 32.4 Å². The van der Waals surface area contributed by atoms with E-state index in [0.29, 0.717) is 29.3 Å². The van der Waals surface area contributed by atoms with Crippen molar-refractivity contribution in [1.29, 1.82) is 0 Å². The molecular formula is C25H22N6O3S. The molecule has 0 radical (unpaired) electrons. The van der Waals surface area contributed by atoms with E-state index in [0.717, 1.165) is 32.5 Å². The first-order chi connectivity index (χ1) is 17.1. The van der Waals surface area contributed by atoms with Crippen molar-refractivity contribution in [2.75, 3.05) is 12.5 Å². The molecule has 6 rings (SSSR count). The molecule has 2 aromatic carbocycles. The molecular weight excluding hydrogens is 464 g/mol. The second-order valence-electron chi connectivity index (χ2n) is 8.42. The minimum atomic E-state index is -0.635. The summed E-state index contributed by atoms with van der Waals surface area (Å²) in [5.74, 6) is -1.01. The Bertz CT molecular complexity index is 1650. The predicted molar refractivity (Wildman–Crippen MR) is 134 cm³/mol. The third kappa shape index (κ3) is 3.41. The Labute approximate surface area is 203 Å². The first kappa shape index (κ1) is 21.5. The molecule has 4 heterocycles. The lowest BCUT2D eigenvalue weighted by Crippen LogP contribution is -2.25. The Hall–Kier alpha value is -4.02. The Morgan fingerprint density at radius 3 is 2.83 bits per heavy atom. The number of hydrogen-bond donors (Lipinski definition) is 2. The molecule has 3 aromatic heterocycles. The standard InChI is InChI=1S/C25H22N6O3S/c1-30-20-17(12-27-31(24(20)32)13-15-9-6-10-18-16(15)11-26-29-18)21-22(30)28-23(35-21)19(25(33)34-2)14-7-4-3-5-8-14/h3-10,12,19,26,29H,11,13H2,1-2H3. The number of aryl methyl sites for hydroxylation is 1. The number of nitrogens with zero attached hydrogens (tertiary/aromatic N) is 4. The number of carbonyl (C=O) groups is 1. The van der Waals surface area contributed by atoms with Gasteiger partial charge in [0.05, 0.1) is 30.2 Å². The van der Waals surface area contributed by atoms with E-state index in [1.807, 2.05) is 55.6 Å². The first-order valence-corrected chi connectivity index (χ1v) is 12.0. The highest BCUT2D eigenvalue weighted by Crippen LogP contribution is 2.36. The van der Waals surface area contributed by atoms with Crippen molar-refractivity contribution < 1.29 is 9.53 Å². The van der Waals surface area contributed by atoms with Gasteiger partial charge in [0.1, 0.15) is 16.4 Å². The molecule has 0 aliphatic carbocycles. The summed E-state index contributed by atoms with van der Waals surface area (Å²) < 4.78 is 9.19. The fourth-order valence-corrected chi connectivity index (χ4v) is 5.91. The molecule has 10 heteroatoms. The van der Waals surface area contributed by atoms with Gasteiger partial charge in [-0.3, -0.25) is 9.59 Å². The molecule has 1 aliphatic rings. The number of hydrogen-bond acceptors (Lipinski definition) is 8. The summed E-state index contributed by atoms with van der Waals surface area (Å²) in [6, 6.07) is 15.4. The van der Waals surface area contributed by atoms with E-state index in [9.17, 15) is 9.59 Å². The van der Waals surface area contributed by atoms with E-state index in [-0.39, 0.29) is 11.5 Å². The van der Waals surface area contributed by atoms with Gasteiger partial charge in [-0.15, -0.1) is 11.3 Å². The Kier molecular flexibility index (Phi) is 5.12. The average molecular weight is 487 g/mol. The van der Waals surface area contributed by atoms with Crippen molar-refractivity contribution in [1.82, 2.24) is 24.8 Å². The Balaban J connectivity index is 1.45. The van der Waals surface area contributed by atoms with Gasteiger partial charge in [0.15, 0.2) is 5.65 Å². The highest BCUT2D eigenvalue weighted by molar-refractivity contribution is 7.19. The zero-order valence-electron chi connectivity index (χ0n) is 19.1. The molecule has 176 valence electrons.